The van der Waals surface area contributed by atoms with Crippen LogP contribution in [0, 0.1) is 0 Å². The number of hydrogen-bond donors (Lipinski definition) is 2. The van der Waals surface area contributed by atoms with E-state index in [0.29, 0.717) is 10.8 Å². The lowest BCUT2D eigenvalue weighted by molar-refractivity contribution is -0.119. The van der Waals surface area contributed by atoms with Crippen molar-refractivity contribution < 1.29 is 4.79 Å². The third-order valence-corrected chi connectivity index (χ3v) is 4.95. The van der Waals surface area contributed by atoms with Gasteiger partial charge in [-0.1, -0.05) is 60.3 Å². The van der Waals surface area contributed by atoms with Crippen LogP contribution < -0.4 is 5.32 Å². The first kappa shape index (κ1) is 16.5. The minimum Gasteiger partial charge on any atom is -0.349 e. The Kier molecular flexibility index (Phi) is 4.53. The normalized spacial score (nSPS) is 12.3. The zero-order chi connectivity index (χ0) is 17.9. The third kappa shape index (κ3) is 3.39. The van der Waals surface area contributed by atoms with Gasteiger partial charge < -0.3 is 10.3 Å². The monoisotopic (exact) mass is 363 g/mol. The molecule has 2 aromatic heterocycles. The lowest BCUT2D eigenvalue weighted by atomic mass is 10.1. The molecule has 0 aliphatic carbocycles. The molecule has 26 heavy (non-hydrogen) atoms. The Morgan fingerprint density at radius 3 is 2.73 bits per heavy atom. The summed E-state index contributed by atoms with van der Waals surface area (Å²) in [6.07, 6.45) is 0. The van der Waals surface area contributed by atoms with Crippen LogP contribution in [0.25, 0.3) is 22.1 Å². The second-order valence-electron chi connectivity index (χ2n) is 5.95. The molecule has 0 aliphatic heterocycles. The second-order valence-corrected chi connectivity index (χ2v) is 6.89. The average molecular weight is 363 g/mol. The summed E-state index contributed by atoms with van der Waals surface area (Å²) >= 11 is 1.27. The van der Waals surface area contributed by atoms with Crippen LogP contribution in [0.2, 0.25) is 0 Å². The van der Waals surface area contributed by atoms with Crippen molar-refractivity contribution in [2.45, 2.75) is 18.1 Å². The summed E-state index contributed by atoms with van der Waals surface area (Å²) in [7, 11) is 0. The van der Waals surface area contributed by atoms with Crippen molar-refractivity contribution in [3.8, 4) is 0 Å². The molecule has 0 bridgehead atoms. The molecular formula is C19H17N5OS. The number of benzene rings is 2. The number of rotatable bonds is 5. The van der Waals surface area contributed by atoms with E-state index in [2.05, 4.69) is 25.5 Å². The lowest BCUT2D eigenvalue weighted by Crippen LogP contribution is -2.28. The SMILES string of the molecule is CC(NC(=O)CSc1nnc2c(n1)[nH]c1ccccc12)c1ccccc1. The number of carbonyl (C=O) groups excluding carboxylic acids is 1. The number of aromatic nitrogens is 4. The van der Waals surface area contributed by atoms with Crippen LogP contribution in [0.3, 0.4) is 0 Å². The molecule has 0 saturated carbocycles. The van der Waals surface area contributed by atoms with E-state index in [1.807, 2.05) is 61.5 Å². The highest BCUT2D eigenvalue weighted by atomic mass is 32.2. The number of carbonyl (C=O) groups is 1. The maximum Gasteiger partial charge on any atom is 0.230 e. The number of nitrogens with one attached hydrogen (secondary N) is 2. The first-order chi connectivity index (χ1) is 12.7. The predicted octanol–water partition coefficient (Wildman–Crippen LogP) is 3.48. The standard InChI is InChI=1S/C19H17N5OS/c1-12(13-7-3-2-4-8-13)20-16(25)11-26-19-22-18-17(23-24-19)14-9-5-6-10-15(14)21-18/h2-10,12H,11H2,1H3,(H,20,25)(H,21,22,24). The van der Waals surface area contributed by atoms with Gasteiger partial charge in [-0.2, -0.15) is 0 Å². The molecule has 4 rings (SSSR count). The van der Waals surface area contributed by atoms with Gasteiger partial charge in [0.15, 0.2) is 5.65 Å². The number of nitrogens with zero attached hydrogens (tertiary/aromatic N) is 3. The van der Waals surface area contributed by atoms with Gasteiger partial charge in [0.2, 0.25) is 11.1 Å². The maximum atomic E-state index is 12.2. The number of H-pyrrole nitrogens is 1. The molecule has 6 nitrogen and oxygen atoms in total. The molecule has 1 unspecified atom stereocenters. The van der Waals surface area contributed by atoms with Crippen molar-refractivity contribution in [2.24, 2.45) is 0 Å². The molecule has 0 fully saturated rings. The maximum absolute atomic E-state index is 12.2. The average Bonchev–Trinajstić information content (AvgIpc) is 3.05. The number of aromatic amines is 1. The van der Waals surface area contributed by atoms with Crippen molar-refractivity contribution in [3.63, 3.8) is 0 Å². The second kappa shape index (κ2) is 7.13. The number of hydrogen-bond acceptors (Lipinski definition) is 5. The van der Waals surface area contributed by atoms with E-state index in [-0.39, 0.29) is 17.7 Å². The van der Waals surface area contributed by atoms with Crippen molar-refractivity contribution >= 4 is 39.7 Å². The van der Waals surface area contributed by atoms with Crippen LogP contribution in [0.1, 0.15) is 18.5 Å². The van der Waals surface area contributed by atoms with Crippen LogP contribution in [0.5, 0.6) is 0 Å². The van der Waals surface area contributed by atoms with Gasteiger partial charge in [-0.15, -0.1) is 10.2 Å². The molecule has 7 heteroatoms. The van der Waals surface area contributed by atoms with Crippen molar-refractivity contribution in [3.05, 3.63) is 60.2 Å². The summed E-state index contributed by atoms with van der Waals surface area (Å²) < 4.78 is 0. The molecule has 0 radical (unpaired) electrons. The zero-order valence-corrected chi connectivity index (χ0v) is 15.0. The molecule has 2 heterocycles. The van der Waals surface area contributed by atoms with Crippen LogP contribution in [-0.4, -0.2) is 31.8 Å². The molecule has 1 atom stereocenters. The minimum absolute atomic E-state index is 0.0421. The molecule has 1 amide bonds. The highest BCUT2D eigenvalue weighted by Gasteiger charge is 2.12. The Bertz CT molecular complexity index is 1060. The van der Waals surface area contributed by atoms with E-state index in [0.717, 1.165) is 22.0 Å². The largest absolute Gasteiger partial charge is 0.349 e. The van der Waals surface area contributed by atoms with Gasteiger partial charge in [0, 0.05) is 10.9 Å². The first-order valence-corrected chi connectivity index (χ1v) is 9.27. The molecule has 0 aliphatic rings. The number of thioether (sulfide) groups is 1. The van der Waals surface area contributed by atoms with E-state index in [1.54, 1.807) is 0 Å². The van der Waals surface area contributed by atoms with Crippen LogP contribution in [0.4, 0.5) is 0 Å². The fraction of sp³-hybridized carbons (Fsp3) is 0.158. The summed E-state index contributed by atoms with van der Waals surface area (Å²) in [6, 6.07) is 17.7. The quantitative estimate of drug-likeness (QED) is 0.531. The smallest absolute Gasteiger partial charge is 0.230 e. The summed E-state index contributed by atoms with van der Waals surface area (Å²) in [5.74, 6) is 0.177. The topological polar surface area (TPSA) is 83.6 Å². The zero-order valence-electron chi connectivity index (χ0n) is 14.1. The van der Waals surface area contributed by atoms with E-state index < -0.39 is 0 Å². The molecule has 0 spiro atoms. The fourth-order valence-corrected chi connectivity index (χ4v) is 3.40. The van der Waals surface area contributed by atoms with Crippen molar-refractivity contribution in [1.82, 2.24) is 25.5 Å². The Hall–Kier alpha value is -2.93. The van der Waals surface area contributed by atoms with Gasteiger partial charge in [0.05, 0.1) is 11.8 Å². The molecular weight excluding hydrogens is 346 g/mol. The highest BCUT2D eigenvalue weighted by Crippen LogP contribution is 2.23. The Morgan fingerprint density at radius 1 is 1.12 bits per heavy atom. The molecule has 130 valence electrons. The van der Waals surface area contributed by atoms with Gasteiger partial charge in [-0.25, -0.2) is 4.98 Å². The van der Waals surface area contributed by atoms with E-state index in [9.17, 15) is 4.79 Å². The molecule has 0 saturated heterocycles. The molecule has 4 aromatic rings. The number of fused-ring (bicyclic) bond motifs is 3. The van der Waals surface area contributed by atoms with Crippen molar-refractivity contribution in [1.29, 1.82) is 0 Å². The van der Waals surface area contributed by atoms with Crippen LogP contribution in [-0.2, 0) is 4.79 Å². The van der Waals surface area contributed by atoms with Crippen LogP contribution in [0.15, 0.2) is 59.8 Å². The fourth-order valence-electron chi connectivity index (χ4n) is 2.81. The summed E-state index contributed by atoms with van der Waals surface area (Å²) in [5.41, 5.74) is 3.47. The lowest BCUT2D eigenvalue weighted by Gasteiger charge is -2.13. The van der Waals surface area contributed by atoms with Gasteiger partial charge in [0.1, 0.15) is 5.52 Å². The van der Waals surface area contributed by atoms with Gasteiger partial charge >= 0.3 is 0 Å². The first-order valence-electron chi connectivity index (χ1n) is 8.29. The Morgan fingerprint density at radius 2 is 1.88 bits per heavy atom. The minimum atomic E-state index is -0.0632. The van der Waals surface area contributed by atoms with Gasteiger partial charge in [0.25, 0.3) is 0 Å². The van der Waals surface area contributed by atoms with E-state index >= 15 is 0 Å². The predicted molar refractivity (Wildman–Crippen MR) is 103 cm³/mol. The number of amides is 1. The van der Waals surface area contributed by atoms with Crippen LogP contribution >= 0.6 is 11.8 Å². The molecule has 2 aromatic carbocycles. The van der Waals surface area contributed by atoms with E-state index in [1.165, 1.54) is 11.8 Å². The van der Waals surface area contributed by atoms with Gasteiger partial charge in [-0.3, -0.25) is 4.79 Å². The Labute approximate surface area is 154 Å². The van der Waals surface area contributed by atoms with Crippen molar-refractivity contribution in [2.75, 3.05) is 5.75 Å². The Balaban J connectivity index is 1.42. The summed E-state index contributed by atoms with van der Waals surface area (Å²) in [6.45, 7) is 1.96. The highest BCUT2D eigenvalue weighted by molar-refractivity contribution is 7.99. The number of para-hydroxylation sites is 1. The molecule has 2 N–H and O–H groups in total. The van der Waals surface area contributed by atoms with E-state index in [4.69, 9.17) is 0 Å². The third-order valence-electron chi connectivity index (χ3n) is 4.11. The summed E-state index contributed by atoms with van der Waals surface area (Å²) in [4.78, 5) is 19.9. The summed E-state index contributed by atoms with van der Waals surface area (Å²) in [5, 5.41) is 12.9. The van der Waals surface area contributed by atoms with Gasteiger partial charge in [-0.05, 0) is 18.6 Å².